The maximum atomic E-state index is 12.7. The third-order valence-electron chi connectivity index (χ3n) is 6.71. The molecule has 1 heterocycles. The molecule has 0 unspecified atom stereocenters. The molecule has 2 amide bonds. The Labute approximate surface area is 169 Å². The summed E-state index contributed by atoms with van der Waals surface area (Å²) in [5.74, 6) is -0.275. The molecule has 3 aliphatic rings. The van der Waals surface area contributed by atoms with E-state index in [2.05, 4.69) is 12.1 Å². The number of hydrogen-bond acceptors (Lipinski definition) is 4. The molecule has 2 aliphatic carbocycles. The average Bonchev–Trinajstić information content (AvgIpc) is 3.40. The highest BCUT2D eigenvalue weighted by molar-refractivity contribution is 6.07. The predicted octanol–water partition coefficient (Wildman–Crippen LogP) is 3.21. The van der Waals surface area contributed by atoms with Gasteiger partial charge in [0, 0.05) is 0 Å². The normalized spacial score (nSPS) is 27.4. The highest BCUT2D eigenvalue weighted by Crippen LogP contribution is 2.56. The van der Waals surface area contributed by atoms with Gasteiger partial charge in [0.05, 0.1) is 11.8 Å². The number of carbonyl (C=O) groups is 3. The summed E-state index contributed by atoms with van der Waals surface area (Å²) >= 11 is 0. The Morgan fingerprint density at radius 2 is 1.45 bits per heavy atom. The van der Waals surface area contributed by atoms with E-state index in [0.717, 1.165) is 36.1 Å². The van der Waals surface area contributed by atoms with Gasteiger partial charge in [-0.1, -0.05) is 42.5 Å². The van der Waals surface area contributed by atoms with Gasteiger partial charge < -0.3 is 4.74 Å². The van der Waals surface area contributed by atoms with Gasteiger partial charge in [-0.25, -0.2) is 4.79 Å². The lowest BCUT2D eigenvalue weighted by Crippen LogP contribution is -2.38. The molecule has 2 bridgehead atoms. The van der Waals surface area contributed by atoms with Gasteiger partial charge in [0.25, 0.3) is 0 Å². The van der Waals surface area contributed by atoms with E-state index >= 15 is 0 Å². The van der Waals surface area contributed by atoms with Gasteiger partial charge in [-0.15, -0.1) is 0 Å². The van der Waals surface area contributed by atoms with Gasteiger partial charge in [0.1, 0.15) is 12.3 Å². The Bertz CT molecular complexity index is 925. The minimum absolute atomic E-state index is 0.178. The standard InChI is InChI=1S/C24H23NO4/c26-20(14-25-23(27)21-17-8-9-18(13-17)22(21)24(25)28)29-19-10-6-16(7-11-19)12-15-4-2-1-3-5-15/h1-7,10-11,17-18,21-22H,8-9,12-14H2/t17-,18-,21+,22+/m0/s1. The lowest BCUT2D eigenvalue weighted by atomic mass is 9.81. The van der Waals surface area contributed by atoms with Crippen LogP contribution in [0.5, 0.6) is 5.75 Å². The van der Waals surface area contributed by atoms with Gasteiger partial charge >= 0.3 is 5.97 Å². The number of likely N-dealkylation sites (tertiary alicyclic amines) is 1. The summed E-state index contributed by atoms with van der Waals surface area (Å²) in [7, 11) is 0. The fraction of sp³-hybridized carbons (Fsp3) is 0.375. The van der Waals surface area contributed by atoms with Crippen LogP contribution in [0.1, 0.15) is 30.4 Å². The largest absolute Gasteiger partial charge is 0.425 e. The molecule has 2 aromatic rings. The molecule has 3 fully saturated rings. The van der Waals surface area contributed by atoms with E-state index < -0.39 is 5.97 Å². The number of carbonyl (C=O) groups excluding carboxylic acids is 3. The van der Waals surface area contributed by atoms with E-state index in [4.69, 9.17) is 4.74 Å². The maximum absolute atomic E-state index is 12.7. The van der Waals surface area contributed by atoms with Gasteiger partial charge in [-0.3, -0.25) is 14.5 Å². The van der Waals surface area contributed by atoms with Crippen LogP contribution < -0.4 is 4.74 Å². The Balaban J connectivity index is 1.20. The third-order valence-corrected chi connectivity index (χ3v) is 6.71. The van der Waals surface area contributed by atoms with E-state index in [9.17, 15) is 14.4 Å². The number of rotatable bonds is 5. The minimum atomic E-state index is -0.574. The molecule has 0 N–H and O–H groups in total. The number of ether oxygens (including phenoxy) is 1. The number of esters is 1. The van der Waals surface area contributed by atoms with Crippen molar-refractivity contribution in [1.82, 2.24) is 4.90 Å². The summed E-state index contributed by atoms with van der Waals surface area (Å²) in [6, 6.07) is 17.5. The van der Waals surface area contributed by atoms with Crippen molar-refractivity contribution in [2.24, 2.45) is 23.7 Å². The third kappa shape index (κ3) is 3.24. The van der Waals surface area contributed by atoms with Crippen LogP contribution >= 0.6 is 0 Å². The molecule has 2 saturated carbocycles. The molecule has 148 valence electrons. The molecule has 5 rings (SSSR count). The fourth-order valence-corrected chi connectivity index (χ4v) is 5.43. The first-order valence-electron chi connectivity index (χ1n) is 10.3. The van der Waals surface area contributed by atoms with Crippen LogP contribution in [-0.4, -0.2) is 29.2 Å². The van der Waals surface area contributed by atoms with Crippen molar-refractivity contribution in [2.75, 3.05) is 6.54 Å². The monoisotopic (exact) mass is 389 g/mol. The number of hydrogen-bond donors (Lipinski definition) is 0. The Morgan fingerprint density at radius 1 is 0.862 bits per heavy atom. The van der Waals surface area contributed by atoms with E-state index in [1.807, 2.05) is 30.3 Å². The van der Waals surface area contributed by atoms with Crippen LogP contribution in [0.15, 0.2) is 54.6 Å². The zero-order chi connectivity index (χ0) is 20.0. The van der Waals surface area contributed by atoms with Crippen molar-refractivity contribution >= 4 is 17.8 Å². The maximum Gasteiger partial charge on any atom is 0.331 e. The molecule has 0 aromatic heterocycles. The van der Waals surface area contributed by atoms with Crippen LogP contribution in [0.3, 0.4) is 0 Å². The van der Waals surface area contributed by atoms with Crippen LogP contribution in [0, 0.1) is 23.7 Å². The van der Waals surface area contributed by atoms with Crippen molar-refractivity contribution in [3.8, 4) is 5.75 Å². The summed E-state index contributed by atoms with van der Waals surface area (Å²) in [4.78, 5) is 38.9. The number of amides is 2. The number of nitrogens with zero attached hydrogens (tertiary/aromatic N) is 1. The molecule has 5 nitrogen and oxygen atoms in total. The Hall–Kier alpha value is -2.95. The highest BCUT2D eigenvalue weighted by Gasteiger charge is 2.61. The Morgan fingerprint density at radius 3 is 2.07 bits per heavy atom. The van der Waals surface area contributed by atoms with Crippen LogP contribution in [0.25, 0.3) is 0 Å². The molecular formula is C24H23NO4. The van der Waals surface area contributed by atoms with Crippen molar-refractivity contribution < 1.29 is 19.1 Å². The zero-order valence-corrected chi connectivity index (χ0v) is 16.1. The van der Waals surface area contributed by atoms with E-state index in [0.29, 0.717) is 17.6 Å². The summed E-state index contributed by atoms with van der Waals surface area (Å²) in [6.45, 7) is -0.296. The topological polar surface area (TPSA) is 63.7 Å². The smallest absolute Gasteiger partial charge is 0.331 e. The fourth-order valence-electron chi connectivity index (χ4n) is 5.43. The second kappa shape index (κ2) is 7.14. The minimum Gasteiger partial charge on any atom is -0.425 e. The lowest BCUT2D eigenvalue weighted by molar-refractivity contribution is -0.148. The highest BCUT2D eigenvalue weighted by atomic mass is 16.5. The second-order valence-corrected chi connectivity index (χ2v) is 8.43. The number of fused-ring (bicyclic) bond motifs is 5. The molecule has 29 heavy (non-hydrogen) atoms. The van der Waals surface area contributed by atoms with Crippen LogP contribution in [0.4, 0.5) is 0 Å². The summed E-state index contributed by atoms with van der Waals surface area (Å²) in [5, 5.41) is 0. The molecule has 0 radical (unpaired) electrons. The van der Waals surface area contributed by atoms with Crippen LogP contribution in [0.2, 0.25) is 0 Å². The van der Waals surface area contributed by atoms with E-state index in [1.165, 1.54) is 5.56 Å². The first-order chi connectivity index (χ1) is 14.1. The molecule has 1 saturated heterocycles. The number of imide groups is 1. The average molecular weight is 389 g/mol. The molecule has 1 aliphatic heterocycles. The Kier molecular flexibility index (Phi) is 4.46. The molecule has 4 atom stereocenters. The zero-order valence-electron chi connectivity index (χ0n) is 16.1. The lowest BCUT2D eigenvalue weighted by Gasteiger charge is -2.19. The van der Waals surface area contributed by atoms with Crippen LogP contribution in [-0.2, 0) is 20.8 Å². The SMILES string of the molecule is O=C(CN1C(=O)[C@@H]2[C@H]3CC[C@@H](C3)[C@H]2C1=O)Oc1ccc(Cc2ccccc2)cc1. The van der Waals surface area contributed by atoms with Gasteiger partial charge in [-0.05, 0) is 60.8 Å². The predicted molar refractivity (Wildman–Crippen MR) is 106 cm³/mol. The first-order valence-corrected chi connectivity index (χ1v) is 10.3. The van der Waals surface area contributed by atoms with Crippen molar-refractivity contribution in [3.63, 3.8) is 0 Å². The summed E-state index contributed by atoms with van der Waals surface area (Å²) in [6.07, 6.45) is 3.84. The molecular weight excluding hydrogens is 366 g/mol. The van der Waals surface area contributed by atoms with Gasteiger partial charge in [0.15, 0.2) is 0 Å². The van der Waals surface area contributed by atoms with Gasteiger partial charge in [0.2, 0.25) is 11.8 Å². The summed E-state index contributed by atoms with van der Waals surface area (Å²) in [5.41, 5.74) is 2.33. The van der Waals surface area contributed by atoms with E-state index in [1.54, 1.807) is 12.1 Å². The van der Waals surface area contributed by atoms with E-state index in [-0.39, 0.29) is 30.2 Å². The quantitative estimate of drug-likeness (QED) is 0.448. The van der Waals surface area contributed by atoms with Crippen molar-refractivity contribution in [2.45, 2.75) is 25.7 Å². The molecule has 2 aromatic carbocycles. The number of benzene rings is 2. The molecule has 5 heteroatoms. The second-order valence-electron chi connectivity index (χ2n) is 8.43. The van der Waals surface area contributed by atoms with Crippen molar-refractivity contribution in [1.29, 1.82) is 0 Å². The first kappa shape index (κ1) is 18.1. The van der Waals surface area contributed by atoms with Crippen molar-refractivity contribution in [3.05, 3.63) is 65.7 Å². The summed E-state index contributed by atoms with van der Waals surface area (Å²) < 4.78 is 5.38. The molecule has 0 spiro atoms. The van der Waals surface area contributed by atoms with Gasteiger partial charge in [-0.2, -0.15) is 0 Å².